The average Bonchev–Trinajstić information content (AvgIpc) is 2.83. The summed E-state index contributed by atoms with van der Waals surface area (Å²) >= 11 is 3.64. The van der Waals surface area contributed by atoms with Crippen LogP contribution in [0.2, 0.25) is 0 Å². The number of halogens is 1. The molecule has 4 heteroatoms. The summed E-state index contributed by atoms with van der Waals surface area (Å²) in [6, 6.07) is 4.89. The van der Waals surface area contributed by atoms with E-state index < -0.39 is 0 Å². The van der Waals surface area contributed by atoms with Crippen LogP contribution in [0, 0.1) is 0 Å². The average molecular weight is 298 g/mol. The van der Waals surface area contributed by atoms with Crippen LogP contribution in [0.4, 0.5) is 0 Å². The van der Waals surface area contributed by atoms with Crippen LogP contribution in [-0.2, 0) is 17.8 Å². The Hall–Kier alpha value is -0.580. The molecule has 17 heavy (non-hydrogen) atoms. The maximum absolute atomic E-state index is 5.52. The zero-order chi connectivity index (χ0) is 11.7. The van der Waals surface area contributed by atoms with Gasteiger partial charge in [0.2, 0.25) is 0 Å². The van der Waals surface area contributed by atoms with Gasteiger partial charge in [-0.2, -0.15) is 0 Å². The van der Waals surface area contributed by atoms with Crippen LogP contribution in [0.5, 0.6) is 5.75 Å². The molecule has 3 rings (SSSR count). The Bertz CT molecular complexity index is 416. The van der Waals surface area contributed by atoms with Crippen LogP contribution in [-0.4, -0.2) is 19.4 Å². The van der Waals surface area contributed by atoms with Crippen molar-refractivity contribution < 1.29 is 9.47 Å². The van der Waals surface area contributed by atoms with E-state index in [0.29, 0.717) is 19.4 Å². The van der Waals surface area contributed by atoms with Gasteiger partial charge in [-0.3, -0.25) is 0 Å². The van der Waals surface area contributed by atoms with Gasteiger partial charge in [-0.15, -0.1) is 0 Å². The Morgan fingerprint density at radius 1 is 1.41 bits per heavy atom. The third-order valence-corrected chi connectivity index (χ3v) is 4.15. The molecule has 0 amide bonds. The second kappa shape index (κ2) is 4.96. The van der Waals surface area contributed by atoms with Gasteiger partial charge in [0.15, 0.2) is 6.79 Å². The molecule has 0 saturated carbocycles. The lowest BCUT2D eigenvalue weighted by molar-refractivity contribution is -0.0164. The highest BCUT2D eigenvalue weighted by atomic mass is 79.9. The summed E-state index contributed by atoms with van der Waals surface area (Å²) in [6.45, 7) is 2.17. The normalized spacial score (nSPS) is 23.2. The van der Waals surface area contributed by atoms with Gasteiger partial charge >= 0.3 is 0 Å². The van der Waals surface area contributed by atoms with Crippen LogP contribution >= 0.6 is 15.9 Å². The van der Waals surface area contributed by atoms with Crippen molar-refractivity contribution in [2.45, 2.75) is 31.9 Å². The highest BCUT2D eigenvalue weighted by molar-refractivity contribution is 9.10. The molecule has 1 aromatic carbocycles. The summed E-state index contributed by atoms with van der Waals surface area (Å²) in [7, 11) is 0. The second-order valence-electron chi connectivity index (χ2n) is 4.66. The molecule has 1 aromatic rings. The summed E-state index contributed by atoms with van der Waals surface area (Å²) in [5.41, 5.74) is 2.45. The number of nitrogens with one attached hydrogen (secondary N) is 1. The molecule has 1 unspecified atom stereocenters. The molecule has 0 aliphatic carbocycles. The molecule has 1 N–H and O–H groups in total. The molecule has 92 valence electrons. The summed E-state index contributed by atoms with van der Waals surface area (Å²) < 4.78 is 12.0. The van der Waals surface area contributed by atoms with Gasteiger partial charge in [-0.05, 0) is 43.5 Å². The van der Waals surface area contributed by atoms with E-state index in [9.17, 15) is 0 Å². The Kier molecular flexibility index (Phi) is 3.36. The topological polar surface area (TPSA) is 30.5 Å². The van der Waals surface area contributed by atoms with Gasteiger partial charge in [0.1, 0.15) is 5.75 Å². The van der Waals surface area contributed by atoms with Crippen molar-refractivity contribution in [2.75, 3.05) is 13.3 Å². The van der Waals surface area contributed by atoms with E-state index in [1.807, 2.05) is 0 Å². The first-order valence-corrected chi connectivity index (χ1v) is 6.87. The Morgan fingerprint density at radius 2 is 2.35 bits per heavy atom. The molecule has 0 aromatic heterocycles. The fraction of sp³-hybridized carbons (Fsp3) is 0.538. The quantitative estimate of drug-likeness (QED) is 0.910. The minimum absolute atomic E-state index is 0.371. The highest BCUT2D eigenvalue weighted by Gasteiger charge is 2.18. The SMILES string of the molecule is Brc1cc2c(cc1CC1CCCN1)OCOC2. The van der Waals surface area contributed by atoms with Crippen molar-refractivity contribution in [3.63, 3.8) is 0 Å². The summed E-state index contributed by atoms with van der Waals surface area (Å²) in [4.78, 5) is 0. The van der Waals surface area contributed by atoms with Crippen molar-refractivity contribution in [1.29, 1.82) is 0 Å². The summed E-state index contributed by atoms with van der Waals surface area (Å²) in [6.07, 6.45) is 3.63. The van der Waals surface area contributed by atoms with Crippen molar-refractivity contribution >= 4 is 15.9 Å². The lowest BCUT2D eigenvalue weighted by Crippen LogP contribution is -2.24. The van der Waals surface area contributed by atoms with Crippen molar-refractivity contribution in [2.24, 2.45) is 0 Å². The Morgan fingerprint density at radius 3 is 3.18 bits per heavy atom. The van der Waals surface area contributed by atoms with E-state index >= 15 is 0 Å². The molecular weight excluding hydrogens is 282 g/mol. The third-order valence-electron chi connectivity index (χ3n) is 3.41. The number of rotatable bonds is 2. The largest absolute Gasteiger partial charge is 0.467 e. The van der Waals surface area contributed by atoms with E-state index in [1.165, 1.54) is 22.9 Å². The minimum Gasteiger partial charge on any atom is -0.467 e. The van der Waals surface area contributed by atoms with Gasteiger partial charge in [0, 0.05) is 16.1 Å². The van der Waals surface area contributed by atoms with Crippen LogP contribution in [0.3, 0.4) is 0 Å². The van der Waals surface area contributed by atoms with Crippen LogP contribution in [0.1, 0.15) is 24.0 Å². The fourth-order valence-corrected chi connectivity index (χ4v) is 3.05. The van der Waals surface area contributed by atoms with Crippen molar-refractivity contribution in [1.82, 2.24) is 5.32 Å². The lowest BCUT2D eigenvalue weighted by atomic mass is 10.0. The maximum atomic E-state index is 5.52. The smallest absolute Gasteiger partial charge is 0.189 e. The van der Waals surface area contributed by atoms with Crippen molar-refractivity contribution in [3.05, 3.63) is 27.7 Å². The number of hydrogen-bond donors (Lipinski definition) is 1. The van der Waals surface area contributed by atoms with Crippen LogP contribution in [0.15, 0.2) is 16.6 Å². The lowest BCUT2D eigenvalue weighted by Gasteiger charge is -2.20. The number of benzene rings is 1. The predicted molar refractivity (Wildman–Crippen MR) is 69.2 cm³/mol. The second-order valence-corrected chi connectivity index (χ2v) is 5.51. The molecule has 1 fully saturated rings. The van der Waals surface area contributed by atoms with Gasteiger partial charge in [-0.1, -0.05) is 15.9 Å². The van der Waals surface area contributed by atoms with E-state index in [4.69, 9.17) is 9.47 Å². The molecule has 2 heterocycles. The third kappa shape index (κ3) is 2.49. The highest BCUT2D eigenvalue weighted by Crippen LogP contribution is 2.31. The fourth-order valence-electron chi connectivity index (χ4n) is 2.49. The Balaban J connectivity index is 1.83. The van der Waals surface area contributed by atoms with E-state index in [-0.39, 0.29) is 0 Å². The van der Waals surface area contributed by atoms with E-state index in [1.54, 1.807) is 0 Å². The first kappa shape index (κ1) is 11.5. The summed E-state index contributed by atoms with van der Waals surface area (Å²) in [5, 5.41) is 3.53. The zero-order valence-corrected chi connectivity index (χ0v) is 11.3. The molecule has 2 aliphatic rings. The molecule has 3 nitrogen and oxygen atoms in total. The standard InChI is InChI=1S/C13H16BrNO2/c14-12-5-10-7-16-8-17-13(10)6-9(12)4-11-2-1-3-15-11/h5-6,11,15H,1-4,7-8H2. The molecule has 0 radical (unpaired) electrons. The molecule has 1 saturated heterocycles. The van der Waals surface area contributed by atoms with Gasteiger partial charge < -0.3 is 14.8 Å². The number of hydrogen-bond acceptors (Lipinski definition) is 3. The predicted octanol–water partition coefficient (Wildman–Crippen LogP) is 2.61. The van der Waals surface area contributed by atoms with Crippen molar-refractivity contribution in [3.8, 4) is 5.75 Å². The molecule has 2 aliphatic heterocycles. The monoisotopic (exact) mass is 297 g/mol. The van der Waals surface area contributed by atoms with Gasteiger partial charge in [0.05, 0.1) is 6.61 Å². The Labute approximate surface area is 110 Å². The molecule has 0 spiro atoms. The van der Waals surface area contributed by atoms with Crippen LogP contribution in [0.25, 0.3) is 0 Å². The molecular formula is C13H16BrNO2. The molecule has 0 bridgehead atoms. The molecule has 1 atom stereocenters. The number of fused-ring (bicyclic) bond motifs is 1. The van der Waals surface area contributed by atoms with E-state index in [0.717, 1.165) is 24.3 Å². The number of ether oxygens (including phenoxy) is 2. The van der Waals surface area contributed by atoms with Gasteiger partial charge in [0.25, 0.3) is 0 Å². The first-order chi connectivity index (χ1) is 8.33. The van der Waals surface area contributed by atoms with E-state index in [2.05, 4.69) is 33.4 Å². The van der Waals surface area contributed by atoms with Crippen LogP contribution < -0.4 is 10.1 Å². The minimum atomic E-state index is 0.371. The zero-order valence-electron chi connectivity index (χ0n) is 9.67. The summed E-state index contributed by atoms with van der Waals surface area (Å²) in [5.74, 6) is 0.979. The first-order valence-electron chi connectivity index (χ1n) is 6.08. The maximum Gasteiger partial charge on any atom is 0.189 e. The van der Waals surface area contributed by atoms with Gasteiger partial charge in [-0.25, -0.2) is 0 Å².